The average molecular weight is 369 g/mol. The summed E-state index contributed by atoms with van der Waals surface area (Å²) >= 11 is 0. The van der Waals surface area contributed by atoms with E-state index in [1.807, 2.05) is 18.3 Å². The number of rotatable bonds is 6. The molecule has 1 atom stereocenters. The number of aromatic nitrogens is 2. The van der Waals surface area contributed by atoms with Gasteiger partial charge >= 0.3 is 0 Å². The van der Waals surface area contributed by atoms with Crippen LogP contribution in [0.15, 0.2) is 42.9 Å². The van der Waals surface area contributed by atoms with Gasteiger partial charge in [0, 0.05) is 31.1 Å². The molecule has 1 amide bonds. The van der Waals surface area contributed by atoms with Gasteiger partial charge in [0.25, 0.3) is 5.91 Å². The lowest BCUT2D eigenvalue weighted by Gasteiger charge is -2.50. The smallest absolute Gasteiger partial charge is 0.259 e. The number of methoxy groups -OCH3 is 1. The van der Waals surface area contributed by atoms with Gasteiger partial charge in [-0.15, -0.1) is 0 Å². The Kier molecular flexibility index (Phi) is 5.05. The molecule has 4 heterocycles. The summed E-state index contributed by atoms with van der Waals surface area (Å²) in [5, 5.41) is 0. The summed E-state index contributed by atoms with van der Waals surface area (Å²) in [6.45, 7) is 3.01. The Bertz CT molecular complexity index is 793. The number of likely N-dealkylation sites (tertiary alicyclic amines) is 1. The van der Waals surface area contributed by atoms with Crippen LogP contribution in [0.5, 0.6) is 5.88 Å². The third kappa shape index (κ3) is 3.52. The van der Waals surface area contributed by atoms with Crippen molar-refractivity contribution in [2.45, 2.75) is 18.6 Å². The first-order valence-electron chi connectivity index (χ1n) is 9.11. The van der Waals surface area contributed by atoms with E-state index >= 15 is 0 Å². The summed E-state index contributed by atoms with van der Waals surface area (Å²) < 4.78 is 17.1. The van der Waals surface area contributed by atoms with Crippen molar-refractivity contribution in [2.24, 2.45) is 5.92 Å². The van der Waals surface area contributed by atoms with Crippen molar-refractivity contribution in [2.75, 3.05) is 33.4 Å². The maximum absolute atomic E-state index is 12.8. The number of ether oxygens (including phenoxy) is 3. The first-order chi connectivity index (χ1) is 13.2. The lowest BCUT2D eigenvalue weighted by atomic mass is 9.81. The first-order valence-corrected chi connectivity index (χ1v) is 9.11. The number of amides is 1. The molecule has 0 radical (unpaired) electrons. The molecule has 0 bridgehead atoms. The van der Waals surface area contributed by atoms with Crippen LogP contribution in [0.4, 0.5) is 0 Å². The van der Waals surface area contributed by atoms with Crippen LogP contribution in [0, 0.1) is 5.92 Å². The topological polar surface area (TPSA) is 73.8 Å². The molecule has 27 heavy (non-hydrogen) atoms. The predicted octanol–water partition coefficient (Wildman–Crippen LogP) is 1.93. The van der Waals surface area contributed by atoms with Gasteiger partial charge < -0.3 is 19.1 Å². The lowest BCUT2D eigenvalue weighted by Crippen LogP contribution is -2.66. The Hall–Kier alpha value is -2.51. The van der Waals surface area contributed by atoms with E-state index in [2.05, 4.69) is 9.97 Å². The van der Waals surface area contributed by atoms with Crippen molar-refractivity contribution < 1.29 is 19.0 Å². The SMILES string of the molecule is COc1ncccc1C(=O)N1CC2(C1)OCCC2COCc1cccnc1. The van der Waals surface area contributed by atoms with E-state index in [1.165, 1.54) is 7.11 Å². The Morgan fingerprint density at radius 3 is 2.96 bits per heavy atom. The van der Waals surface area contributed by atoms with Crippen LogP contribution in [-0.4, -0.2) is 59.8 Å². The highest BCUT2D eigenvalue weighted by Gasteiger charge is 2.54. The first kappa shape index (κ1) is 17.9. The van der Waals surface area contributed by atoms with Crippen molar-refractivity contribution in [3.8, 4) is 5.88 Å². The quantitative estimate of drug-likeness (QED) is 0.775. The second-order valence-corrected chi connectivity index (χ2v) is 7.00. The van der Waals surface area contributed by atoms with Crippen molar-refractivity contribution in [3.63, 3.8) is 0 Å². The minimum atomic E-state index is -0.292. The molecule has 1 spiro atoms. The van der Waals surface area contributed by atoms with E-state index in [9.17, 15) is 4.79 Å². The van der Waals surface area contributed by atoms with Crippen molar-refractivity contribution in [1.82, 2.24) is 14.9 Å². The molecular weight excluding hydrogens is 346 g/mol. The summed E-state index contributed by atoms with van der Waals surface area (Å²) in [7, 11) is 1.52. The van der Waals surface area contributed by atoms with Crippen LogP contribution in [0.3, 0.4) is 0 Å². The van der Waals surface area contributed by atoms with Gasteiger partial charge in [-0.25, -0.2) is 4.98 Å². The molecule has 2 aromatic rings. The Labute approximate surface area is 158 Å². The second-order valence-electron chi connectivity index (χ2n) is 7.00. The normalized spacial score (nSPS) is 20.5. The third-order valence-electron chi connectivity index (χ3n) is 5.31. The van der Waals surface area contributed by atoms with Crippen LogP contribution in [0.25, 0.3) is 0 Å². The fourth-order valence-electron chi connectivity index (χ4n) is 3.80. The average Bonchev–Trinajstić information content (AvgIpc) is 3.11. The van der Waals surface area contributed by atoms with Crippen LogP contribution in [0.1, 0.15) is 22.3 Å². The van der Waals surface area contributed by atoms with Gasteiger partial charge in [0.1, 0.15) is 11.2 Å². The molecule has 4 rings (SSSR count). The van der Waals surface area contributed by atoms with Crippen LogP contribution < -0.4 is 4.74 Å². The largest absolute Gasteiger partial charge is 0.480 e. The second kappa shape index (κ2) is 7.62. The number of carbonyl (C=O) groups excluding carboxylic acids is 1. The Morgan fingerprint density at radius 2 is 2.19 bits per heavy atom. The van der Waals surface area contributed by atoms with E-state index in [-0.39, 0.29) is 17.4 Å². The van der Waals surface area contributed by atoms with Crippen molar-refractivity contribution in [1.29, 1.82) is 0 Å². The molecule has 142 valence electrons. The summed E-state index contributed by atoms with van der Waals surface area (Å²) in [6, 6.07) is 7.38. The van der Waals surface area contributed by atoms with Gasteiger partial charge in [0.05, 0.1) is 33.4 Å². The molecule has 2 aromatic heterocycles. The van der Waals surface area contributed by atoms with E-state index in [4.69, 9.17) is 14.2 Å². The summed E-state index contributed by atoms with van der Waals surface area (Å²) in [5.41, 5.74) is 1.25. The minimum absolute atomic E-state index is 0.0731. The Morgan fingerprint density at radius 1 is 1.33 bits per heavy atom. The van der Waals surface area contributed by atoms with Crippen LogP contribution >= 0.6 is 0 Å². The summed E-state index contributed by atoms with van der Waals surface area (Å²) in [5.74, 6) is 0.567. The van der Waals surface area contributed by atoms with Crippen molar-refractivity contribution in [3.05, 3.63) is 54.0 Å². The maximum Gasteiger partial charge on any atom is 0.259 e. The molecule has 2 aliphatic rings. The molecular formula is C20H23N3O4. The fraction of sp³-hybridized carbons (Fsp3) is 0.450. The molecule has 2 aliphatic heterocycles. The number of carbonyl (C=O) groups is 1. The number of hydrogen-bond donors (Lipinski definition) is 0. The highest BCUT2D eigenvalue weighted by molar-refractivity contribution is 5.97. The van der Waals surface area contributed by atoms with E-state index < -0.39 is 0 Å². The number of pyridine rings is 2. The molecule has 1 unspecified atom stereocenters. The highest BCUT2D eigenvalue weighted by Crippen LogP contribution is 2.41. The molecule has 0 aromatic carbocycles. The maximum atomic E-state index is 12.8. The molecule has 2 fully saturated rings. The monoisotopic (exact) mass is 369 g/mol. The van der Waals surface area contributed by atoms with Gasteiger partial charge in [0.15, 0.2) is 0 Å². The van der Waals surface area contributed by atoms with Gasteiger partial charge in [-0.05, 0) is 30.2 Å². The van der Waals surface area contributed by atoms with Crippen molar-refractivity contribution >= 4 is 5.91 Å². The zero-order chi connectivity index (χ0) is 18.7. The zero-order valence-corrected chi connectivity index (χ0v) is 15.3. The van der Waals surface area contributed by atoms with E-state index in [1.54, 1.807) is 29.4 Å². The zero-order valence-electron chi connectivity index (χ0n) is 15.3. The highest BCUT2D eigenvalue weighted by atomic mass is 16.5. The third-order valence-corrected chi connectivity index (χ3v) is 5.31. The molecule has 7 heteroatoms. The molecule has 7 nitrogen and oxygen atoms in total. The standard InChI is InChI=1S/C20H23N3O4/c1-25-18-17(5-3-8-22-18)19(24)23-13-20(14-23)16(6-9-27-20)12-26-11-15-4-2-7-21-10-15/h2-5,7-8,10,16H,6,9,11-14H2,1H3. The van der Waals surface area contributed by atoms with E-state index in [0.29, 0.717) is 44.4 Å². The number of hydrogen-bond acceptors (Lipinski definition) is 6. The van der Waals surface area contributed by atoms with Gasteiger partial charge in [-0.1, -0.05) is 6.07 Å². The molecule has 0 aliphatic carbocycles. The Balaban J connectivity index is 1.34. The van der Waals surface area contributed by atoms with Crippen LogP contribution in [-0.2, 0) is 16.1 Å². The molecule has 0 N–H and O–H groups in total. The minimum Gasteiger partial charge on any atom is -0.480 e. The lowest BCUT2D eigenvalue weighted by molar-refractivity contribution is -0.129. The van der Waals surface area contributed by atoms with E-state index in [0.717, 1.165) is 12.0 Å². The van der Waals surface area contributed by atoms with Gasteiger partial charge in [0.2, 0.25) is 5.88 Å². The van der Waals surface area contributed by atoms with Gasteiger partial charge in [-0.3, -0.25) is 9.78 Å². The number of nitrogens with zero attached hydrogens (tertiary/aromatic N) is 3. The summed E-state index contributed by atoms with van der Waals surface area (Å²) in [4.78, 5) is 22.8. The summed E-state index contributed by atoms with van der Waals surface area (Å²) in [6.07, 6.45) is 6.13. The fourth-order valence-corrected chi connectivity index (χ4v) is 3.80. The van der Waals surface area contributed by atoms with Crippen LogP contribution in [0.2, 0.25) is 0 Å². The van der Waals surface area contributed by atoms with Gasteiger partial charge in [-0.2, -0.15) is 0 Å². The molecule has 2 saturated heterocycles. The predicted molar refractivity (Wildman–Crippen MR) is 97.4 cm³/mol. The molecule has 0 saturated carbocycles.